The smallest absolute Gasteiger partial charge is 0.343 e. The quantitative estimate of drug-likeness (QED) is 0.460. The average Bonchev–Trinajstić information content (AvgIpc) is 3.21. The van der Waals surface area contributed by atoms with Crippen LogP contribution in [0.4, 0.5) is 5.00 Å². The Kier molecular flexibility index (Phi) is 7.27. The molecule has 1 aliphatic carbocycles. The molecule has 0 bridgehead atoms. The van der Waals surface area contributed by atoms with Crippen LogP contribution in [0.1, 0.15) is 62.6 Å². The highest BCUT2D eigenvalue weighted by molar-refractivity contribution is 7.17. The minimum atomic E-state index is -1.29. The molecule has 0 aliphatic heterocycles. The summed E-state index contributed by atoms with van der Waals surface area (Å²) >= 11 is 1.36. The van der Waals surface area contributed by atoms with Gasteiger partial charge in [-0.15, -0.1) is 11.3 Å². The molecule has 0 saturated heterocycles. The second-order valence-electron chi connectivity index (χ2n) is 7.84. The molecule has 34 heavy (non-hydrogen) atoms. The predicted octanol–water partition coefficient (Wildman–Crippen LogP) is 5.05. The van der Waals surface area contributed by atoms with Crippen LogP contribution in [0.15, 0.2) is 54.6 Å². The van der Waals surface area contributed by atoms with Gasteiger partial charge in [-0.1, -0.05) is 42.5 Å². The molecule has 8 heteroatoms. The lowest BCUT2D eigenvalue weighted by atomic mass is 9.95. The number of carbonyl (C=O) groups is 3. The van der Waals surface area contributed by atoms with E-state index in [9.17, 15) is 19.5 Å². The second kappa shape index (κ2) is 10.5. The summed E-state index contributed by atoms with van der Waals surface area (Å²) in [5, 5.41) is 13.2. The van der Waals surface area contributed by atoms with Gasteiger partial charge in [0.1, 0.15) is 16.3 Å². The van der Waals surface area contributed by atoms with Gasteiger partial charge >= 0.3 is 11.9 Å². The van der Waals surface area contributed by atoms with Crippen LogP contribution in [0, 0.1) is 0 Å². The molecule has 0 saturated carbocycles. The number of hydrogen-bond donors (Lipinski definition) is 2. The first-order valence-corrected chi connectivity index (χ1v) is 12.0. The summed E-state index contributed by atoms with van der Waals surface area (Å²) in [6, 6.07) is 14.6. The molecule has 1 atom stereocenters. The van der Waals surface area contributed by atoms with Gasteiger partial charge in [0, 0.05) is 10.4 Å². The van der Waals surface area contributed by atoms with Gasteiger partial charge in [-0.2, -0.15) is 0 Å². The van der Waals surface area contributed by atoms with Gasteiger partial charge in [0.2, 0.25) is 6.10 Å². The fourth-order valence-corrected chi connectivity index (χ4v) is 5.25. The molecule has 2 aromatic carbocycles. The Morgan fingerprint density at radius 1 is 1.00 bits per heavy atom. The lowest BCUT2D eigenvalue weighted by Gasteiger charge is -2.18. The number of esters is 2. The Hall–Kier alpha value is -3.65. The number of thiophene rings is 1. The summed E-state index contributed by atoms with van der Waals surface area (Å²) in [6.07, 6.45) is 2.29. The zero-order chi connectivity index (χ0) is 24.1. The van der Waals surface area contributed by atoms with Gasteiger partial charge in [0.25, 0.3) is 5.91 Å². The average molecular weight is 480 g/mol. The summed E-state index contributed by atoms with van der Waals surface area (Å²) in [6.45, 7) is 1.96. The molecule has 176 valence electrons. The number of anilines is 1. The Balaban J connectivity index is 1.65. The first-order valence-electron chi connectivity index (χ1n) is 11.2. The summed E-state index contributed by atoms with van der Waals surface area (Å²) < 4.78 is 10.8. The van der Waals surface area contributed by atoms with Crippen molar-refractivity contribution >= 4 is 34.2 Å². The SMILES string of the molecule is CCOC(=O)c1c(NC(=O)[C@H](OC(=O)c2ccccc2O)c2ccccc2)sc2c1CCCC2. The number of fused-ring (bicyclic) bond motifs is 1. The van der Waals surface area contributed by atoms with E-state index in [1.807, 2.05) is 0 Å². The number of aryl methyl sites for hydroxylation is 1. The second-order valence-corrected chi connectivity index (χ2v) is 8.94. The van der Waals surface area contributed by atoms with Gasteiger partial charge in [-0.3, -0.25) is 4.79 Å². The number of nitrogens with one attached hydrogen (secondary N) is 1. The molecule has 0 spiro atoms. The van der Waals surface area contributed by atoms with Crippen LogP contribution < -0.4 is 5.32 Å². The first-order chi connectivity index (χ1) is 16.5. The van der Waals surface area contributed by atoms with E-state index in [1.165, 1.54) is 23.5 Å². The van der Waals surface area contributed by atoms with Crippen molar-refractivity contribution < 1.29 is 29.0 Å². The highest BCUT2D eigenvalue weighted by atomic mass is 32.1. The van der Waals surface area contributed by atoms with E-state index in [4.69, 9.17) is 9.47 Å². The number of aromatic hydroxyl groups is 1. The fourth-order valence-electron chi connectivity index (χ4n) is 3.97. The number of benzene rings is 2. The van der Waals surface area contributed by atoms with E-state index in [1.54, 1.807) is 49.4 Å². The van der Waals surface area contributed by atoms with Crippen molar-refractivity contribution in [2.75, 3.05) is 11.9 Å². The molecule has 1 aromatic heterocycles. The highest BCUT2D eigenvalue weighted by Gasteiger charge is 2.31. The molecule has 2 N–H and O–H groups in total. The Morgan fingerprint density at radius 2 is 1.71 bits per heavy atom. The van der Waals surface area contributed by atoms with E-state index in [2.05, 4.69) is 5.32 Å². The summed E-state index contributed by atoms with van der Waals surface area (Å²) in [5.41, 5.74) is 1.72. The van der Waals surface area contributed by atoms with E-state index in [-0.39, 0.29) is 17.9 Å². The lowest BCUT2D eigenvalue weighted by Crippen LogP contribution is -2.26. The maximum absolute atomic E-state index is 13.4. The molecule has 0 radical (unpaired) electrons. The van der Waals surface area contributed by atoms with E-state index < -0.39 is 23.9 Å². The van der Waals surface area contributed by atoms with Crippen LogP contribution in [0.5, 0.6) is 5.75 Å². The van der Waals surface area contributed by atoms with Crippen LogP contribution in [-0.4, -0.2) is 29.6 Å². The van der Waals surface area contributed by atoms with Crippen molar-refractivity contribution in [1.29, 1.82) is 0 Å². The number of phenolic OH excluding ortho intramolecular Hbond substituents is 1. The molecule has 7 nitrogen and oxygen atoms in total. The number of amides is 1. The molecule has 0 fully saturated rings. The van der Waals surface area contributed by atoms with Gasteiger partial charge in [-0.25, -0.2) is 9.59 Å². The Labute approximate surface area is 201 Å². The molecular formula is C26H25NO6S. The fraction of sp³-hybridized carbons (Fsp3) is 0.269. The van der Waals surface area contributed by atoms with Crippen molar-refractivity contribution in [1.82, 2.24) is 0 Å². The third kappa shape index (κ3) is 4.97. The summed E-state index contributed by atoms with van der Waals surface area (Å²) in [7, 11) is 0. The number of hydrogen-bond acceptors (Lipinski definition) is 7. The molecule has 3 aromatic rings. The minimum absolute atomic E-state index is 0.0463. The van der Waals surface area contributed by atoms with E-state index in [0.717, 1.165) is 36.1 Å². The van der Waals surface area contributed by atoms with Crippen LogP contribution in [0.25, 0.3) is 0 Å². The maximum Gasteiger partial charge on any atom is 0.343 e. The van der Waals surface area contributed by atoms with E-state index in [0.29, 0.717) is 16.1 Å². The summed E-state index contributed by atoms with van der Waals surface area (Å²) in [5.74, 6) is -2.15. The maximum atomic E-state index is 13.4. The minimum Gasteiger partial charge on any atom is -0.507 e. The molecule has 4 rings (SSSR count). The number of rotatable bonds is 7. The topological polar surface area (TPSA) is 102 Å². The van der Waals surface area contributed by atoms with Crippen molar-refractivity contribution in [3.8, 4) is 5.75 Å². The van der Waals surface area contributed by atoms with Crippen LogP contribution >= 0.6 is 11.3 Å². The van der Waals surface area contributed by atoms with Crippen molar-refractivity contribution in [3.63, 3.8) is 0 Å². The molecule has 1 amide bonds. The van der Waals surface area contributed by atoms with Crippen molar-refractivity contribution in [3.05, 3.63) is 81.7 Å². The van der Waals surface area contributed by atoms with Gasteiger partial charge in [0.05, 0.1) is 12.2 Å². The third-order valence-corrected chi connectivity index (χ3v) is 6.78. The standard InChI is InChI=1S/C26H25NO6S/c1-2-32-26(31)21-18-13-7-9-15-20(18)34-24(21)27-23(29)22(16-10-4-3-5-11-16)33-25(30)17-12-6-8-14-19(17)28/h3-6,8,10-12,14,22,28H,2,7,9,13,15H2,1H3,(H,27,29)/t22-/m1/s1. The molecule has 1 heterocycles. The zero-order valence-electron chi connectivity index (χ0n) is 18.7. The third-order valence-electron chi connectivity index (χ3n) is 5.58. The number of ether oxygens (including phenoxy) is 2. The number of carbonyl (C=O) groups excluding carboxylic acids is 3. The largest absolute Gasteiger partial charge is 0.507 e. The van der Waals surface area contributed by atoms with Crippen molar-refractivity contribution in [2.45, 2.75) is 38.7 Å². The van der Waals surface area contributed by atoms with Crippen LogP contribution in [-0.2, 0) is 27.1 Å². The molecule has 1 aliphatic rings. The molecular weight excluding hydrogens is 454 g/mol. The van der Waals surface area contributed by atoms with Gasteiger partial charge in [-0.05, 0) is 50.3 Å². The van der Waals surface area contributed by atoms with Crippen molar-refractivity contribution in [2.24, 2.45) is 0 Å². The van der Waals surface area contributed by atoms with Crippen LogP contribution in [0.2, 0.25) is 0 Å². The Morgan fingerprint density at radius 3 is 2.44 bits per heavy atom. The monoisotopic (exact) mass is 479 g/mol. The zero-order valence-corrected chi connectivity index (χ0v) is 19.5. The molecule has 0 unspecified atom stereocenters. The lowest BCUT2D eigenvalue weighted by molar-refractivity contribution is -0.125. The number of phenols is 1. The highest BCUT2D eigenvalue weighted by Crippen LogP contribution is 2.39. The van der Waals surface area contributed by atoms with Crippen LogP contribution in [0.3, 0.4) is 0 Å². The summed E-state index contributed by atoms with van der Waals surface area (Å²) in [4.78, 5) is 40.0. The number of para-hydroxylation sites is 1. The Bertz CT molecular complexity index is 1200. The first kappa shape index (κ1) is 23.5. The van der Waals surface area contributed by atoms with E-state index >= 15 is 0 Å². The normalized spacial score (nSPS) is 13.4. The predicted molar refractivity (Wildman–Crippen MR) is 128 cm³/mol. The van der Waals surface area contributed by atoms with Gasteiger partial charge in [0.15, 0.2) is 0 Å². The van der Waals surface area contributed by atoms with Gasteiger partial charge < -0.3 is 19.9 Å².